The van der Waals surface area contributed by atoms with E-state index in [1.807, 2.05) is 0 Å². The first-order valence-corrected chi connectivity index (χ1v) is 8.43. The van der Waals surface area contributed by atoms with E-state index in [0.29, 0.717) is 40.9 Å². The van der Waals surface area contributed by atoms with Crippen LogP contribution >= 0.6 is 0 Å². The number of hydrogen-bond acceptors (Lipinski definition) is 6. The van der Waals surface area contributed by atoms with Crippen LogP contribution in [-0.4, -0.2) is 38.2 Å². The number of aliphatic hydroxyl groups is 1. The highest BCUT2D eigenvalue weighted by Crippen LogP contribution is 2.44. The van der Waals surface area contributed by atoms with E-state index in [1.54, 1.807) is 6.07 Å². The van der Waals surface area contributed by atoms with Crippen molar-refractivity contribution in [2.75, 3.05) is 20.8 Å². The summed E-state index contributed by atoms with van der Waals surface area (Å²) >= 11 is 0. The Bertz CT molecular complexity index is 606. The number of ether oxygens (including phenoxy) is 4. The molecule has 1 aromatic carbocycles. The Morgan fingerprint density at radius 2 is 1.88 bits per heavy atom. The molecule has 1 heterocycles. The fourth-order valence-electron chi connectivity index (χ4n) is 3.52. The SMILES string of the molecule is COc1c(OCC2CCCCC2)cc2c(c1OC)CC(O)OC2=O. The number of hydrogen-bond donors (Lipinski definition) is 1. The molecule has 0 radical (unpaired) electrons. The highest BCUT2D eigenvalue weighted by atomic mass is 16.6. The van der Waals surface area contributed by atoms with Gasteiger partial charge in [-0.3, -0.25) is 0 Å². The zero-order chi connectivity index (χ0) is 17.1. The molecule has 2 aliphatic rings. The summed E-state index contributed by atoms with van der Waals surface area (Å²) < 4.78 is 21.8. The molecule has 1 atom stereocenters. The molecule has 1 aliphatic heterocycles. The predicted molar refractivity (Wildman–Crippen MR) is 86.7 cm³/mol. The average molecular weight is 336 g/mol. The van der Waals surface area contributed by atoms with E-state index in [0.717, 1.165) is 0 Å². The molecule has 24 heavy (non-hydrogen) atoms. The standard InChI is InChI=1S/C18H24O6/c1-21-16-12-9-15(19)24-18(20)13(12)8-14(17(16)22-2)23-10-11-6-4-3-5-7-11/h8,11,15,19H,3-7,9-10H2,1-2H3. The summed E-state index contributed by atoms with van der Waals surface area (Å²) in [5.41, 5.74) is 0.944. The molecule has 1 fully saturated rings. The maximum absolute atomic E-state index is 12.1. The third-order valence-electron chi connectivity index (χ3n) is 4.75. The summed E-state index contributed by atoms with van der Waals surface area (Å²) in [4.78, 5) is 12.1. The largest absolute Gasteiger partial charge is 0.492 e. The van der Waals surface area contributed by atoms with Crippen molar-refractivity contribution in [2.45, 2.75) is 44.8 Å². The Morgan fingerprint density at radius 1 is 1.17 bits per heavy atom. The molecule has 1 saturated carbocycles. The van der Waals surface area contributed by atoms with Gasteiger partial charge in [0.25, 0.3) is 0 Å². The van der Waals surface area contributed by atoms with Crippen LogP contribution in [0, 0.1) is 5.92 Å². The van der Waals surface area contributed by atoms with Crippen molar-refractivity contribution >= 4 is 5.97 Å². The molecular formula is C18H24O6. The molecule has 3 rings (SSSR count). The summed E-state index contributed by atoms with van der Waals surface area (Å²) in [5, 5.41) is 9.68. The first-order valence-electron chi connectivity index (χ1n) is 8.43. The Labute approximate surface area is 141 Å². The van der Waals surface area contributed by atoms with Gasteiger partial charge in [0.2, 0.25) is 12.0 Å². The van der Waals surface area contributed by atoms with Crippen molar-refractivity contribution in [3.05, 3.63) is 17.2 Å². The highest BCUT2D eigenvalue weighted by molar-refractivity contribution is 5.94. The smallest absolute Gasteiger partial charge is 0.341 e. The molecule has 132 valence electrons. The van der Waals surface area contributed by atoms with E-state index >= 15 is 0 Å². The molecule has 0 saturated heterocycles. The molecule has 1 aromatic rings. The summed E-state index contributed by atoms with van der Waals surface area (Å²) in [6.45, 7) is 0.593. The molecular weight excluding hydrogens is 312 g/mol. The van der Waals surface area contributed by atoms with Crippen molar-refractivity contribution in [1.82, 2.24) is 0 Å². The lowest BCUT2D eigenvalue weighted by Gasteiger charge is -2.26. The number of methoxy groups -OCH3 is 2. The Morgan fingerprint density at radius 3 is 2.54 bits per heavy atom. The lowest BCUT2D eigenvalue weighted by molar-refractivity contribution is -0.0691. The van der Waals surface area contributed by atoms with Gasteiger partial charge in [-0.05, 0) is 24.8 Å². The van der Waals surface area contributed by atoms with Crippen molar-refractivity contribution in [1.29, 1.82) is 0 Å². The summed E-state index contributed by atoms with van der Waals surface area (Å²) in [6.07, 6.45) is 5.10. The third kappa shape index (κ3) is 3.29. The lowest BCUT2D eigenvalue weighted by atomic mass is 9.90. The summed E-state index contributed by atoms with van der Waals surface area (Å²) in [7, 11) is 3.05. The van der Waals surface area contributed by atoms with Gasteiger partial charge in [0.05, 0.1) is 26.4 Å². The number of rotatable bonds is 5. The minimum Gasteiger partial charge on any atom is -0.492 e. The van der Waals surface area contributed by atoms with Gasteiger partial charge in [0.1, 0.15) is 0 Å². The van der Waals surface area contributed by atoms with E-state index in [-0.39, 0.29) is 6.42 Å². The van der Waals surface area contributed by atoms with Crippen molar-refractivity contribution in [2.24, 2.45) is 5.92 Å². The normalized spacial score (nSPS) is 21.0. The minimum atomic E-state index is -1.17. The fourth-order valence-corrected chi connectivity index (χ4v) is 3.52. The van der Waals surface area contributed by atoms with Crippen LogP contribution in [0.3, 0.4) is 0 Å². The van der Waals surface area contributed by atoms with Crippen molar-refractivity contribution < 1.29 is 28.8 Å². The van der Waals surface area contributed by atoms with Gasteiger partial charge in [0.15, 0.2) is 11.5 Å². The first kappa shape index (κ1) is 16.9. The van der Waals surface area contributed by atoms with Crippen molar-refractivity contribution in [3.63, 3.8) is 0 Å². The van der Waals surface area contributed by atoms with Crippen LogP contribution in [-0.2, 0) is 11.2 Å². The van der Waals surface area contributed by atoms with Gasteiger partial charge >= 0.3 is 5.97 Å². The van der Waals surface area contributed by atoms with E-state index in [1.165, 1.54) is 46.3 Å². The van der Waals surface area contributed by atoms with Crippen LogP contribution in [0.1, 0.15) is 48.0 Å². The van der Waals surface area contributed by atoms with E-state index in [9.17, 15) is 9.90 Å². The van der Waals surface area contributed by atoms with Crippen LogP contribution < -0.4 is 14.2 Å². The number of benzene rings is 1. The number of fused-ring (bicyclic) bond motifs is 1. The van der Waals surface area contributed by atoms with Crippen LogP contribution in [0.15, 0.2) is 6.07 Å². The van der Waals surface area contributed by atoms with Gasteiger partial charge < -0.3 is 24.1 Å². The van der Waals surface area contributed by atoms with Gasteiger partial charge in [-0.2, -0.15) is 0 Å². The van der Waals surface area contributed by atoms with Gasteiger partial charge in [-0.1, -0.05) is 19.3 Å². The third-order valence-corrected chi connectivity index (χ3v) is 4.75. The zero-order valence-electron chi connectivity index (χ0n) is 14.2. The maximum Gasteiger partial charge on any atom is 0.341 e. The van der Waals surface area contributed by atoms with Gasteiger partial charge in [0, 0.05) is 12.0 Å². The molecule has 0 amide bonds. The van der Waals surface area contributed by atoms with Crippen LogP contribution in [0.25, 0.3) is 0 Å². The van der Waals surface area contributed by atoms with Crippen LogP contribution in [0.4, 0.5) is 0 Å². The number of carbonyl (C=O) groups excluding carboxylic acids is 1. The Kier molecular flexibility index (Phi) is 5.14. The van der Waals surface area contributed by atoms with Crippen molar-refractivity contribution in [3.8, 4) is 17.2 Å². The Hall–Kier alpha value is -1.95. The quantitative estimate of drug-likeness (QED) is 0.834. The van der Waals surface area contributed by atoms with Gasteiger partial charge in [-0.15, -0.1) is 0 Å². The molecule has 6 nitrogen and oxygen atoms in total. The maximum atomic E-state index is 12.1. The minimum absolute atomic E-state index is 0.170. The molecule has 0 spiro atoms. The molecule has 1 aliphatic carbocycles. The Balaban J connectivity index is 1.90. The lowest BCUT2D eigenvalue weighted by Crippen LogP contribution is -2.28. The molecule has 0 aromatic heterocycles. The van der Waals surface area contributed by atoms with Gasteiger partial charge in [-0.25, -0.2) is 4.79 Å². The molecule has 1 unspecified atom stereocenters. The van der Waals surface area contributed by atoms with E-state index in [4.69, 9.17) is 18.9 Å². The number of cyclic esters (lactones) is 1. The second kappa shape index (κ2) is 7.30. The zero-order valence-corrected chi connectivity index (χ0v) is 14.2. The van der Waals surface area contributed by atoms with E-state index in [2.05, 4.69) is 0 Å². The van der Waals surface area contributed by atoms with E-state index < -0.39 is 12.3 Å². The number of esters is 1. The second-order valence-corrected chi connectivity index (χ2v) is 6.35. The molecule has 6 heteroatoms. The van der Waals surface area contributed by atoms with Crippen LogP contribution in [0.5, 0.6) is 17.2 Å². The number of carbonyl (C=O) groups is 1. The number of aliphatic hydroxyl groups excluding tert-OH is 1. The first-order chi connectivity index (χ1) is 11.6. The second-order valence-electron chi connectivity index (χ2n) is 6.35. The van der Waals surface area contributed by atoms with Crippen LogP contribution in [0.2, 0.25) is 0 Å². The average Bonchev–Trinajstić information content (AvgIpc) is 2.59. The summed E-state index contributed by atoms with van der Waals surface area (Å²) in [5.74, 6) is 1.30. The topological polar surface area (TPSA) is 74.2 Å². The molecule has 0 bridgehead atoms. The fraction of sp³-hybridized carbons (Fsp3) is 0.611. The summed E-state index contributed by atoms with van der Waals surface area (Å²) in [6, 6.07) is 1.63. The molecule has 1 N–H and O–H groups in total. The monoisotopic (exact) mass is 336 g/mol. The predicted octanol–water partition coefficient (Wildman–Crippen LogP) is 2.69. The highest BCUT2D eigenvalue weighted by Gasteiger charge is 2.32.